The Balaban J connectivity index is 2.55. The summed E-state index contributed by atoms with van der Waals surface area (Å²) < 4.78 is 6.45. The van der Waals surface area contributed by atoms with Crippen LogP contribution in [0.5, 0.6) is 0 Å². The first kappa shape index (κ1) is 16.2. The van der Waals surface area contributed by atoms with Crippen molar-refractivity contribution in [2.45, 2.75) is 33.0 Å². The molecule has 0 aliphatic rings. The normalized spacial score (nSPS) is 12.4. The van der Waals surface area contributed by atoms with Crippen LogP contribution in [0.2, 0.25) is 19.6 Å². The molecule has 2 aromatic rings. The van der Waals surface area contributed by atoms with E-state index in [-0.39, 0.29) is 0 Å². The van der Waals surface area contributed by atoms with E-state index in [9.17, 15) is 0 Å². The summed E-state index contributed by atoms with van der Waals surface area (Å²) in [5.41, 5.74) is 0. The first-order valence-corrected chi connectivity index (χ1v) is 14.2. The zero-order chi connectivity index (χ0) is 15.3. The van der Waals surface area contributed by atoms with Gasteiger partial charge in [-0.3, -0.25) is 0 Å². The summed E-state index contributed by atoms with van der Waals surface area (Å²) in [4.78, 5) is 0. The smallest absolute Gasteiger partial charge is 0.184 e. The highest BCUT2D eigenvalue weighted by atomic mass is 29.3. The average Bonchev–Trinajstić information content (AvgIpc) is 2.53. The van der Waals surface area contributed by atoms with Gasteiger partial charge in [-0.15, -0.1) is 0 Å². The summed E-state index contributed by atoms with van der Waals surface area (Å²) in [5, 5.41) is 2.98. The van der Waals surface area contributed by atoms with Crippen LogP contribution in [0.4, 0.5) is 0 Å². The van der Waals surface area contributed by atoms with Crippen LogP contribution < -0.4 is 10.4 Å². The zero-order valence-electron chi connectivity index (χ0n) is 13.6. The molecule has 0 saturated heterocycles. The number of hydrogen-bond acceptors (Lipinski definition) is 1. The molecule has 0 saturated carbocycles. The SMILES string of the molecule is CCCO[Si](C)(C)[Si](C)(c1ccccc1)c1ccccc1. The Hall–Kier alpha value is -1.17. The molecule has 2 rings (SSSR count). The highest BCUT2D eigenvalue weighted by Gasteiger charge is 2.49. The molecule has 3 heteroatoms. The largest absolute Gasteiger partial charge is 0.419 e. The fourth-order valence-corrected chi connectivity index (χ4v) is 13.7. The molecule has 112 valence electrons. The molecule has 0 aromatic heterocycles. The van der Waals surface area contributed by atoms with Crippen molar-refractivity contribution in [1.82, 2.24) is 0 Å². The van der Waals surface area contributed by atoms with Crippen molar-refractivity contribution in [2.75, 3.05) is 6.61 Å². The maximum atomic E-state index is 6.45. The summed E-state index contributed by atoms with van der Waals surface area (Å²) in [5.74, 6) is 0. The molecule has 0 bridgehead atoms. The molecule has 0 aliphatic heterocycles. The lowest BCUT2D eigenvalue weighted by Crippen LogP contribution is -2.73. The second-order valence-electron chi connectivity index (χ2n) is 6.22. The van der Waals surface area contributed by atoms with Crippen LogP contribution in [0.3, 0.4) is 0 Å². The Labute approximate surface area is 130 Å². The van der Waals surface area contributed by atoms with E-state index >= 15 is 0 Å². The molecular formula is C18H26OSi2. The molecule has 0 N–H and O–H groups in total. The standard InChI is InChI=1S/C18H26OSi2/c1-5-16-19-20(2,3)21(4,17-12-8-6-9-13-17)18-14-10-7-11-15-18/h6-15H,5,16H2,1-4H3. The van der Waals surface area contributed by atoms with Crippen LogP contribution in [0, 0.1) is 0 Å². The van der Waals surface area contributed by atoms with Gasteiger partial charge in [-0.1, -0.05) is 84.5 Å². The van der Waals surface area contributed by atoms with Gasteiger partial charge in [0.1, 0.15) is 7.59 Å². The van der Waals surface area contributed by atoms with Gasteiger partial charge >= 0.3 is 0 Å². The predicted octanol–water partition coefficient (Wildman–Crippen LogP) is 3.59. The third-order valence-electron chi connectivity index (χ3n) is 4.57. The Kier molecular flexibility index (Phi) is 5.19. The summed E-state index contributed by atoms with van der Waals surface area (Å²) in [6.45, 7) is 10.3. The fourth-order valence-electron chi connectivity index (χ4n) is 2.91. The van der Waals surface area contributed by atoms with Gasteiger partial charge in [-0.25, -0.2) is 0 Å². The molecule has 0 atom stereocenters. The van der Waals surface area contributed by atoms with E-state index < -0.39 is 15.4 Å². The van der Waals surface area contributed by atoms with E-state index in [4.69, 9.17) is 4.43 Å². The van der Waals surface area contributed by atoms with Crippen molar-refractivity contribution in [3.63, 3.8) is 0 Å². The molecule has 21 heavy (non-hydrogen) atoms. The molecule has 0 spiro atoms. The van der Waals surface area contributed by atoms with Crippen LogP contribution in [0.25, 0.3) is 0 Å². The van der Waals surface area contributed by atoms with Crippen LogP contribution in [0.1, 0.15) is 13.3 Å². The van der Waals surface area contributed by atoms with Gasteiger partial charge in [0.15, 0.2) is 7.83 Å². The topological polar surface area (TPSA) is 9.23 Å². The first-order valence-electron chi connectivity index (χ1n) is 7.77. The van der Waals surface area contributed by atoms with Gasteiger partial charge in [0.05, 0.1) is 0 Å². The van der Waals surface area contributed by atoms with Crippen molar-refractivity contribution in [2.24, 2.45) is 0 Å². The van der Waals surface area contributed by atoms with Crippen molar-refractivity contribution >= 4 is 25.8 Å². The third kappa shape index (κ3) is 3.20. The molecular weight excluding hydrogens is 288 g/mol. The molecule has 0 radical (unpaired) electrons. The van der Waals surface area contributed by atoms with Crippen molar-refractivity contribution in [3.8, 4) is 0 Å². The summed E-state index contributed by atoms with van der Waals surface area (Å²) >= 11 is 0. The van der Waals surface area contributed by atoms with Crippen LogP contribution >= 0.6 is 0 Å². The first-order chi connectivity index (χ1) is 10.0. The zero-order valence-corrected chi connectivity index (χ0v) is 15.6. The van der Waals surface area contributed by atoms with Crippen molar-refractivity contribution in [3.05, 3.63) is 60.7 Å². The van der Waals surface area contributed by atoms with Gasteiger partial charge in [0.2, 0.25) is 0 Å². The van der Waals surface area contributed by atoms with E-state index in [2.05, 4.69) is 87.2 Å². The monoisotopic (exact) mass is 314 g/mol. The number of rotatable bonds is 6. The minimum atomic E-state index is -1.85. The van der Waals surface area contributed by atoms with Crippen LogP contribution in [-0.2, 0) is 4.43 Å². The third-order valence-corrected chi connectivity index (χ3v) is 20.3. The fraction of sp³-hybridized carbons (Fsp3) is 0.333. The molecule has 1 nitrogen and oxygen atoms in total. The van der Waals surface area contributed by atoms with Gasteiger partial charge in [0, 0.05) is 6.61 Å². The Morgan fingerprint density at radius 1 is 0.762 bits per heavy atom. The lowest BCUT2D eigenvalue weighted by atomic mass is 10.4. The minimum Gasteiger partial charge on any atom is -0.419 e. The summed E-state index contributed by atoms with van der Waals surface area (Å²) in [6, 6.07) is 22.0. The lowest BCUT2D eigenvalue weighted by Gasteiger charge is -2.41. The highest BCUT2D eigenvalue weighted by Crippen LogP contribution is 2.21. The van der Waals surface area contributed by atoms with E-state index in [1.807, 2.05) is 0 Å². The van der Waals surface area contributed by atoms with Crippen LogP contribution in [-0.4, -0.2) is 22.0 Å². The lowest BCUT2D eigenvalue weighted by molar-refractivity contribution is 0.318. The van der Waals surface area contributed by atoms with Crippen LogP contribution in [0.15, 0.2) is 60.7 Å². The minimum absolute atomic E-state index is 0.876. The number of benzene rings is 2. The van der Waals surface area contributed by atoms with E-state index in [0.717, 1.165) is 13.0 Å². The van der Waals surface area contributed by atoms with Gasteiger partial charge in [-0.05, 0) is 19.5 Å². The van der Waals surface area contributed by atoms with E-state index in [0.29, 0.717) is 0 Å². The molecule has 2 aromatic carbocycles. The predicted molar refractivity (Wildman–Crippen MR) is 97.5 cm³/mol. The molecule has 0 heterocycles. The van der Waals surface area contributed by atoms with E-state index in [1.54, 1.807) is 0 Å². The maximum Gasteiger partial charge on any atom is 0.184 e. The van der Waals surface area contributed by atoms with Gasteiger partial charge in [-0.2, -0.15) is 0 Å². The molecule has 0 aliphatic carbocycles. The number of hydrogen-bond donors (Lipinski definition) is 0. The molecule has 0 unspecified atom stereocenters. The Morgan fingerprint density at radius 3 is 1.57 bits per heavy atom. The van der Waals surface area contributed by atoms with Gasteiger partial charge in [0.25, 0.3) is 0 Å². The highest BCUT2D eigenvalue weighted by molar-refractivity contribution is 7.48. The Bertz CT molecular complexity index is 512. The van der Waals surface area contributed by atoms with Crippen molar-refractivity contribution in [1.29, 1.82) is 0 Å². The molecule has 0 amide bonds. The summed E-state index contributed by atoms with van der Waals surface area (Å²) in [7, 11) is -3.67. The summed E-state index contributed by atoms with van der Waals surface area (Å²) in [6.07, 6.45) is 1.09. The maximum absolute atomic E-state index is 6.45. The van der Waals surface area contributed by atoms with Crippen molar-refractivity contribution < 1.29 is 4.43 Å². The average molecular weight is 315 g/mol. The molecule has 0 fully saturated rings. The Morgan fingerprint density at radius 2 is 1.19 bits per heavy atom. The van der Waals surface area contributed by atoms with Gasteiger partial charge < -0.3 is 4.43 Å². The van der Waals surface area contributed by atoms with E-state index in [1.165, 1.54) is 10.4 Å². The second-order valence-corrected chi connectivity index (χ2v) is 19.5. The quantitative estimate of drug-likeness (QED) is 0.740. The second kappa shape index (κ2) is 6.73.